The Morgan fingerprint density at radius 3 is 2.29 bits per heavy atom. The predicted molar refractivity (Wildman–Crippen MR) is 83.1 cm³/mol. The quantitative estimate of drug-likeness (QED) is 0.889. The van der Waals surface area contributed by atoms with E-state index in [9.17, 15) is 5.26 Å². The molecule has 1 unspecified atom stereocenters. The number of hydrogen-bond donors (Lipinski definition) is 2. The van der Waals surface area contributed by atoms with Gasteiger partial charge in [0, 0.05) is 11.6 Å². The van der Waals surface area contributed by atoms with Gasteiger partial charge >= 0.3 is 0 Å². The van der Waals surface area contributed by atoms with Crippen molar-refractivity contribution >= 4 is 11.8 Å². The largest absolute Gasteiger partial charge is 0.382 e. The van der Waals surface area contributed by atoms with Crippen LogP contribution in [0.4, 0.5) is 11.8 Å². The van der Waals surface area contributed by atoms with Crippen molar-refractivity contribution < 1.29 is 0 Å². The van der Waals surface area contributed by atoms with Crippen LogP contribution in [0.2, 0.25) is 0 Å². The second kappa shape index (κ2) is 5.77. The Hall–Kier alpha value is -2.65. The molecule has 2 rings (SSSR count). The summed E-state index contributed by atoms with van der Waals surface area (Å²) in [7, 11) is 4.05. The van der Waals surface area contributed by atoms with Crippen molar-refractivity contribution in [3.63, 3.8) is 0 Å². The summed E-state index contributed by atoms with van der Waals surface area (Å²) in [4.78, 5) is 10.1. The average molecular weight is 282 g/mol. The van der Waals surface area contributed by atoms with Gasteiger partial charge in [-0.05, 0) is 26.6 Å². The number of nitriles is 1. The average Bonchev–Trinajstić information content (AvgIpc) is 2.46. The van der Waals surface area contributed by atoms with Crippen molar-refractivity contribution in [3.8, 4) is 17.3 Å². The molecule has 1 aromatic heterocycles. The zero-order valence-corrected chi connectivity index (χ0v) is 12.3. The topological polar surface area (TPSA) is 105 Å². The highest BCUT2D eigenvalue weighted by Gasteiger charge is 2.14. The van der Waals surface area contributed by atoms with Crippen LogP contribution < -0.4 is 11.5 Å². The van der Waals surface area contributed by atoms with Gasteiger partial charge < -0.3 is 16.4 Å². The molecule has 0 saturated heterocycles. The van der Waals surface area contributed by atoms with Gasteiger partial charge in [0.1, 0.15) is 17.5 Å². The first-order valence-corrected chi connectivity index (χ1v) is 6.54. The van der Waals surface area contributed by atoms with Crippen molar-refractivity contribution in [1.29, 1.82) is 5.26 Å². The third-order valence-electron chi connectivity index (χ3n) is 3.51. The molecule has 0 saturated carbocycles. The van der Waals surface area contributed by atoms with Crippen LogP contribution in [0.1, 0.15) is 24.1 Å². The van der Waals surface area contributed by atoms with Crippen molar-refractivity contribution in [2.45, 2.75) is 13.0 Å². The van der Waals surface area contributed by atoms with Crippen LogP contribution in [0.25, 0.3) is 11.3 Å². The van der Waals surface area contributed by atoms with Gasteiger partial charge in [-0.15, -0.1) is 0 Å². The maximum Gasteiger partial charge on any atom is 0.222 e. The Morgan fingerprint density at radius 1 is 1.14 bits per heavy atom. The fourth-order valence-corrected chi connectivity index (χ4v) is 2.03. The summed E-state index contributed by atoms with van der Waals surface area (Å²) in [6, 6.07) is 10.2. The molecular formula is C15H18N6. The Kier molecular flexibility index (Phi) is 4.05. The Labute approximate surface area is 124 Å². The minimum absolute atomic E-state index is 0.0623. The molecular weight excluding hydrogens is 264 g/mol. The monoisotopic (exact) mass is 282 g/mol. The van der Waals surface area contributed by atoms with E-state index >= 15 is 0 Å². The molecule has 6 nitrogen and oxygen atoms in total. The smallest absolute Gasteiger partial charge is 0.222 e. The summed E-state index contributed by atoms with van der Waals surface area (Å²) in [5.41, 5.74) is 14.0. The van der Waals surface area contributed by atoms with Crippen molar-refractivity contribution in [2.24, 2.45) is 0 Å². The van der Waals surface area contributed by atoms with Crippen LogP contribution in [-0.2, 0) is 0 Å². The normalized spacial score (nSPS) is 12.1. The van der Waals surface area contributed by atoms with Crippen LogP contribution in [0, 0.1) is 11.3 Å². The molecule has 6 heteroatoms. The lowest BCUT2D eigenvalue weighted by molar-refractivity contribution is 0.321. The second-order valence-corrected chi connectivity index (χ2v) is 5.06. The Bertz CT molecular complexity index is 685. The number of hydrogen-bond acceptors (Lipinski definition) is 6. The Balaban J connectivity index is 2.47. The molecule has 0 aliphatic carbocycles. The van der Waals surface area contributed by atoms with Crippen LogP contribution in [0.15, 0.2) is 24.3 Å². The van der Waals surface area contributed by atoms with E-state index in [1.54, 1.807) is 0 Å². The number of nitrogens with two attached hydrogens (primary N) is 2. The van der Waals surface area contributed by atoms with Crippen molar-refractivity contribution in [2.75, 3.05) is 25.6 Å². The van der Waals surface area contributed by atoms with Crippen LogP contribution in [0.5, 0.6) is 0 Å². The van der Waals surface area contributed by atoms with Crippen molar-refractivity contribution in [1.82, 2.24) is 14.9 Å². The summed E-state index contributed by atoms with van der Waals surface area (Å²) < 4.78 is 0. The van der Waals surface area contributed by atoms with Crippen LogP contribution in [-0.4, -0.2) is 29.0 Å². The lowest BCUT2D eigenvalue weighted by Crippen LogP contribution is -2.16. The molecule has 0 bridgehead atoms. The molecule has 0 fully saturated rings. The predicted octanol–water partition coefficient (Wildman–Crippen LogP) is 1.80. The third-order valence-corrected chi connectivity index (χ3v) is 3.51. The standard InChI is InChI=1S/C15H18N6/c1-9(21(2)3)10-4-6-11(7-5-10)13-12(8-16)14(17)20-15(18)19-13/h4-7,9H,1-3H3,(H4,17,18,19,20). The van der Waals surface area contributed by atoms with Crippen LogP contribution in [0.3, 0.4) is 0 Å². The molecule has 0 aliphatic heterocycles. The van der Waals surface area contributed by atoms with Gasteiger partial charge in [-0.2, -0.15) is 10.2 Å². The van der Waals surface area contributed by atoms with Gasteiger partial charge in [0.25, 0.3) is 0 Å². The molecule has 0 aliphatic rings. The fourth-order valence-electron chi connectivity index (χ4n) is 2.03. The van der Waals surface area contributed by atoms with E-state index in [-0.39, 0.29) is 17.3 Å². The van der Waals surface area contributed by atoms with Gasteiger partial charge in [-0.25, -0.2) is 4.98 Å². The molecule has 108 valence electrons. The number of rotatable bonds is 3. The van der Waals surface area contributed by atoms with Gasteiger partial charge in [0.2, 0.25) is 5.95 Å². The van der Waals surface area contributed by atoms with Gasteiger partial charge in [0.15, 0.2) is 0 Å². The minimum Gasteiger partial charge on any atom is -0.382 e. The lowest BCUT2D eigenvalue weighted by atomic mass is 10.0. The van der Waals surface area contributed by atoms with Gasteiger partial charge in [0.05, 0.1) is 5.69 Å². The molecule has 4 N–H and O–H groups in total. The van der Waals surface area contributed by atoms with E-state index in [1.165, 1.54) is 5.56 Å². The highest BCUT2D eigenvalue weighted by Crippen LogP contribution is 2.27. The highest BCUT2D eigenvalue weighted by atomic mass is 15.1. The molecule has 1 atom stereocenters. The first-order valence-electron chi connectivity index (χ1n) is 6.54. The summed E-state index contributed by atoms with van der Waals surface area (Å²) in [6.07, 6.45) is 0. The molecule has 21 heavy (non-hydrogen) atoms. The maximum absolute atomic E-state index is 9.21. The van der Waals surface area contributed by atoms with E-state index in [1.807, 2.05) is 44.4 Å². The van der Waals surface area contributed by atoms with Gasteiger partial charge in [-0.3, -0.25) is 0 Å². The van der Waals surface area contributed by atoms with E-state index < -0.39 is 0 Å². The Morgan fingerprint density at radius 2 is 1.76 bits per heavy atom. The zero-order valence-electron chi connectivity index (χ0n) is 12.3. The summed E-state index contributed by atoms with van der Waals surface area (Å²) in [5.74, 6) is 0.165. The highest BCUT2D eigenvalue weighted by molar-refractivity contribution is 5.73. The zero-order chi connectivity index (χ0) is 15.6. The number of anilines is 2. The molecule has 2 aromatic rings. The van der Waals surface area contributed by atoms with E-state index in [2.05, 4.69) is 21.8 Å². The fraction of sp³-hybridized carbons (Fsp3) is 0.267. The van der Waals surface area contributed by atoms with Crippen LogP contribution >= 0.6 is 0 Å². The van der Waals surface area contributed by atoms with E-state index in [0.717, 1.165) is 5.56 Å². The number of benzene rings is 1. The number of nitrogens with zero attached hydrogens (tertiary/aromatic N) is 4. The van der Waals surface area contributed by atoms with E-state index in [0.29, 0.717) is 11.7 Å². The molecule has 1 heterocycles. The van der Waals surface area contributed by atoms with E-state index in [4.69, 9.17) is 11.5 Å². The SMILES string of the molecule is CC(c1ccc(-c2nc(N)nc(N)c2C#N)cc1)N(C)C. The first kappa shape index (κ1) is 14.8. The molecule has 0 radical (unpaired) electrons. The number of aromatic nitrogens is 2. The van der Waals surface area contributed by atoms with Gasteiger partial charge in [-0.1, -0.05) is 24.3 Å². The summed E-state index contributed by atoms with van der Waals surface area (Å²) in [6.45, 7) is 2.12. The first-order chi connectivity index (χ1) is 9.93. The molecule has 0 amide bonds. The molecule has 0 spiro atoms. The minimum atomic E-state index is 0.0623. The summed E-state index contributed by atoms with van der Waals surface area (Å²) in [5, 5.41) is 9.21. The third kappa shape index (κ3) is 2.93. The second-order valence-electron chi connectivity index (χ2n) is 5.06. The van der Waals surface area contributed by atoms with Crippen molar-refractivity contribution in [3.05, 3.63) is 35.4 Å². The molecule has 1 aromatic carbocycles. The maximum atomic E-state index is 9.21. The summed E-state index contributed by atoms with van der Waals surface area (Å²) >= 11 is 0. The number of nitrogen functional groups attached to an aromatic ring is 2. The lowest BCUT2D eigenvalue weighted by Gasteiger charge is -2.20.